The monoisotopic (exact) mass is 755 g/mol. The minimum Gasteiger partial charge on any atom is -0.444 e. The van der Waals surface area contributed by atoms with Gasteiger partial charge in [0.05, 0.1) is 22.6 Å². The Morgan fingerprint density at radius 2 is 1.31 bits per heavy atom. The molecule has 1 N–H and O–H groups in total. The molecule has 288 valence electrons. The van der Waals surface area contributed by atoms with Gasteiger partial charge in [0.25, 0.3) is 0 Å². The van der Waals surface area contributed by atoms with Gasteiger partial charge in [-0.25, -0.2) is 19.0 Å². The van der Waals surface area contributed by atoms with Gasteiger partial charge in [-0.15, -0.1) is 0 Å². The van der Waals surface area contributed by atoms with Crippen LogP contribution in [0.25, 0.3) is 22.2 Å². The van der Waals surface area contributed by atoms with Crippen molar-refractivity contribution in [1.29, 1.82) is 0 Å². The molecule has 1 saturated heterocycles. The van der Waals surface area contributed by atoms with Crippen molar-refractivity contribution >= 4 is 58.0 Å². The summed E-state index contributed by atoms with van der Waals surface area (Å²) in [6.07, 6.45) is -0.451. The number of alkyl carbamates (subject to hydrolysis) is 1. The molecule has 2 aliphatic rings. The van der Waals surface area contributed by atoms with Crippen molar-refractivity contribution in [1.82, 2.24) is 14.8 Å². The maximum Gasteiger partial charge on any atom is 0.419 e. The predicted molar refractivity (Wildman–Crippen MR) is 215 cm³/mol. The van der Waals surface area contributed by atoms with Crippen molar-refractivity contribution in [2.75, 3.05) is 49.1 Å². The Hall–Kier alpha value is -4.84. The normalized spacial score (nSPS) is 14.7. The molecule has 4 aromatic rings. The minimum atomic E-state index is -0.659. The van der Waals surface area contributed by atoms with E-state index in [1.54, 1.807) is 21.2 Å². The topological polar surface area (TPSA) is 106 Å². The third kappa shape index (κ3) is 9.26. The highest BCUT2D eigenvalue weighted by Gasteiger charge is 2.30. The van der Waals surface area contributed by atoms with Crippen molar-refractivity contribution in [2.24, 2.45) is 0 Å². The molecule has 3 aromatic carbocycles. The molecule has 0 spiro atoms. The zero-order valence-electron chi connectivity index (χ0n) is 32.9. The Morgan fingerprint density at radius 1 is 0.704 bits per heavy atom. The van der Waals surface area contributed by atoms with Crippen LogP contribution in [0.2, 0.25) is 0 Å². The van der Waals surface area contributed by atoms with E-state index in [1.807, 2.05) is 92.6 Å². The van der Waals surface area contributed by atoms with Gasteiger partial charge in [-0.2, -0.15) is 0 Å². The number of rotatable bonds is 6. The average Bonchev–Trinajstić information content (AvgIpc) is 3.47. The highest BCUT2D eigenvalue weighted by molar-refractivity contribution is 7.99. The zero-order chi connectivity index (χ0) is 39.0. The Balaban J connectivity index is 1.30. The summed E-state index contributed by atoms with van der Waals surface area (Å²) in [7, 11) is 0. The van der Waals surface area contributed by atoms with Crippen LogP contribution in [0.3, 0.4) is 0 Å². The third-order valence-corrected chi connectivity index (χ3v) is 9.90. The quantitative estimate of drug-likeness (QED) is 0.152. The number of hydrogen-bond acceptors (Lipinski definition) is 9. The van der Waals surface area contributed by atoms with Gasteiger partial charge >= 0.3 is 18.3 Å². The number of fused-ring (bicyclic) bond motifs is 3. The molecule has 0 atom stereocenters. The van der Waals surface area contributed by atoms with Crippen LogP contribution < -0.4 is 15.1 Å². The second-order valence-electron chi connectivity index (χ2n) is 16.7. The lowest BCUT2D eigenvalue weighted by molar-refractivity contribution is 0.0240. The summed E-state index contributed by atoms with van der Waals surface area (Å²) >= 11 is 1.70. The molecular weight excluding hydrogens is 703 g/mol. The van der Waals surface area contributed by atoms with Crippen molar-refractivity contribution in [3.8, 4) is 11.3 Å². The van der Waals surface area contributed by atoms with Gasteiger partial charge in [-0.3, -0.25) is 0 Å². The first kappa shape index (κ1) is 38.9. The fourth-order valence-electron chi connectivity index (χ4n) is 6.56. The molecule has 1 fully saturated rings. The van der Waals surface area contributed by atoms with E-state index in [9.17, 15) is 14.4 Å². The molecule has 2 aliphatic heterocycles. The van der Waals surface area contributed by atoms with E-state index in [0.29, 0.717) is 45.7 Å². The smallest absolute Gasteiger partial charge is 0.419 e. The molecule has 2 amide bonds. The van der Waals surface area contributed by atoms with Crippen LogP contribution in [0.5, 0.6) is 0 Å². The summed E-state index contributed by atoms with van der Waals surface area (Å²) in [5, 5.41) is 3.84. The maximum absolute atomic E-state index is 13.7. The van der Waals surface area contributed by atoms with Gasteiger partial charge < -0.3 is 34.2 Å². The molecule has 1 aromatic heterocycles. The van der Waals surface area contributed by atoms with Crippen molar-refractivity contribution < 1.29 is 28.6 Å². The average molecular weight is 756 g/mol. The first-order valence-corrected chi connectivity index (χ1v) is 19.4. The van der Waals surface area contributed by atoms with Gasteiger partial charge in [0, 0.05) is 65.7 Å². The Bertz CT molecular complexity index is 2030. The molecule has 11 nitrogen and oxygen atoms in total. The second-order valence-corrected chi connectivity index (χ2v) is 17.8. The second kappa shape index (κ2) is 15.1. The molecule has 0 bridgehead atoms. The van der Waals surface area contributed by atoms with Crippen molar-refractivity contribution in [2.45, 2.75) is 95.3 Å². The Kier molecular flexibility index (Phi) is 10.9. The fraction of sp³-hybridized carbons (Fsp3) is 0.452. The number of anilines is 3. The molecule has 12 heteroatoms. The summed E-state index contributed by atoms with van der Waals surface area (Å²) in [5.74, 6) is 0. The van der Waals surface area contributed by atoms with Crippen LogP contribution in [-0.4, -0.2) is 83.8 Å². The molecule has 0 saturated carbocycles. The number of aromatic nitrogens is 1. The SMILES string of the molecule is CC(C)(C)OC(=O)NCCCN1c2ccc(-c3cc4ccccc4n3C(=O)OC(C)(C)C)cc2Sc2cc(N3CCN(C(=O)OC(C)(C)C)CC3)ccc21. The van der Waals surface area contributed by atoms with Crippen LogP contribution in [0, 0.1) is 0 Å². The standard InChI is InChI=1S/C42H53N5O6S/c1-40(2,3)51-37(48)43-19-12-20-46-32-17-15-29(34-25-28-13-10-11-14-31(28)47(34)39(50)53-42(7,8)9)26-35(32)54-36-27-30(16-18-33(36)46)44-21-23-45(24-22-44)38(49)52-41(4,5)6/h10-11,13-18,25-27H,12,19-24H2,1-9H3,(H,43,48). The van der Waals surface area contributed by atoms with Crippen LogP contribution in [-0.2, 0) is 14.2 Å². The maximum atomic E-state index is 13.7. The number of nitrogens with zero attached hydrogens (tertiary/aromatic N) is 4. The number of amides is 2. The number of ether oxygens (including phenoxy) is 3. The van der Waals surface area contributed by atoms with Crippen LogP contribution in [0.1, 0.15) is 68.7 Å². The van der Waals surface area contributed by atoms with E-state index in [1.165, 1.54) is 0 Å². The van der Waals surface area contributed by atoms with Crippen LogP contribution in [0.15, 0.2) is 76.5 Å². The van der Waals surface area contributed by atoms with Crippen molar-refractivity contribution in [3.05, 3.63) is 66.7 Å². The minimum absolute atomic E-state index is 0.280. The lowest BCUT2D eigenvalue weighted by atomic mass is 10.1. The number of nitrogens with one attached hydrogen (secondary N) is 1. The van der Waals surface area contributed by atoms with Gasteiger partial charge in [-0.05, 0) is 111 Å². The summed E-state index contributed by atoms with van der Waals surface area (Å²) in [6.45, 7) is 20.5. The number of carbonyl (C=O) groups is 3. The summed E-state index contributed by atoms with van der Waals surface area (Å²) in [5.41, 5.74) is 3.88. The largest absolute Gasteiger partial charge is 0.444 e. The highest BCUT2D eigenvalue weighted by atomic mass is 32.2. The summed E-state index contributed by atoms with van der Waals surface area (Å²) < 4.78 is 18.6. The van der Waals surface area contributed by atoms with E-state index < -0.39 is 29.0 Å². The van der Waals surface area contributed by atoms with Gasteiger partial charge in [0.1, 0.15) is 16.8 Å². The lowest BCUT2D eigenvalue weighted by Gasteiger charge is -2.38. The Morgan fingerprint density at radius 3 is 1.98 bits per heavy atom. The summed E-state index contributed by atoms with van der Waals surface area (Å²) in [4.78, 5) is 47.3. The van der Waals surface area contributed by atoms with Gasteiger partial charge in [0.2, 0.25) is 0 Å². The van der Waals surface area contributed by atoms with E-state index >= 15 is 0 Å². The van der Waals surface area contributed by atoms with Crippen LogP contribution in [0.4, 0.5) is 31.4 Å². The fourth-order valence-corrected chi connectivity index (χ4v) is 7.73. The number of benzene rings is 3. The van der Waals surface area contributed by atoms with Gasteiger partial charge in [-0.1, -0.05) is 36.0 Å². The molecule has 6 rings (SSSR count). The molecule has 0 aliphatic carbocycles. The van der Waals surface area contributed by atoms with Gasteiger partial charge in [0.15, 0.2) is 0 Å². The molecule has 3 heterocycles. The summed E-state index contributed by atoms with van der Waals surface area (Å²) in [6, 6.07) is 22.7. The third-order valence-electron chi connectivity index (χ3n) is 8.81. The number of carbonyl (C=O) groups excluding carboxylic acids is 3. The highest BCUT2D eigenvalue weighted by Crippen LogP contribution is 2.50. The van der Waals surface area contributed by atoms with E-state index in [4.69, 9.17) is 14.2 Å². The van der Waals surface area contributed by atoms with E-state index in [-0.39, 0.29) is 6.09 Å². The van der Waals surface area contributed by atoms with E-state index in [0.717, 1.165) is 49.0 Å². The van der Waals surface area contributed by atoms with Crippen LogP contribution >= 0.6 is 11.8 Å². The first-order chi connectivity index (χ1) is 25.3. The van der Waals surface area contributed by atoms with Crippen molar-refractivity contribution in [3.63, 3.8) is 0 Å². The lowest BCUT2D eigenvalue weighted by Crippen LogP contribution is -2.50. The number of para-hydroxylation sites is 1. The van der Waals surface area contributed by atoms with E-state index in [2.05, 4.69) is 51.5 Å². The zero-order valence-corrected chi connectivity index (χ0v) is 33.8. The first-order valence-electron chi connectivity index (χ1n) is 18.6. The molecule has 0 unspecified atom stereocenters. The molecule has 54 heavy (non-hydrogen) atoms. The molecular formula is C42H53N5O6S. The number of piperazine rings is 1. The Labute approximate surface area is 322 Å². The predicted octanol–water partition coefficient (Wildman–Crippen LogP) is 9.67. The number of hydrogen-bond donors (Lipinski definition) is 1. The molecule has 0 radical (unpaired) electrons.